The topological polar surface area (TPSA) is 124 Å². The van der Waals surface area contributed by atoms with Crippen LogP contribution in [-0.2, 0) is 4.79 Å². The summed E-state index contributed by atoms with van der Waals surface area (Å²) >= 11 is 6.52. The lowest BCUT2D eigenvalue weighted by molar-refractivity contribution is -0.126. The molecule has 8 rings (SSSR count). The second kappa shape index (κ2) is 16.9. The van der Waals surface area contributed by atoms with E-state index in [-0.39, 0.29) is 23.1 Å². The van der Waals surface area contributed by atoms with Crippen molar-refractivity contribution >= 4 is 40.3 Å². The SMILES string of the molecule is CC#N.COc1nc(N2CCN(C(=O)/C=C/c3cc(C)nc(C)n3)CC2)c2cnc(-c3cccc(Cl)c3C3CC3)c(F)c2n1.FC1CC2CCCN2C1. The summed E-state index contributed by atoms with van der Waals surface area (Å²) < 4.78 is 34.1. The van der Waals surface area contributed by atoms with Gasteiger partial charge in [-0.1, -0.05) is 23.7 Å². The Labute approximate surface area is 313 Å². The molecule has 6 heterocycles. The van der Waals surface area contributed by atoms with Gasteiger partial charge in [0, 0.05) is 74.2 Å². The van der Waals surface area contributed by atoms with E-state index in [2.05, 4.69) is 29.8 Å². The lowest BCUT2D eigenvalue weighted by Gasteiger charge is -2.35. The molecule has 4 fully saturated rings. The largest absolute Gasteiger partial charge is 0.467 e. The molecule has 2 unspecified atom stereocenters. The molecule has 11 nitrogen and oxygen atoms in total. The molecule has 4 aromatic rings. The van der Waals surface area contributed by atoms with E-state index in [0.29, 0.717) is 78.0 Å². The van der Waals surface area contributed by atoms with Gasteiger partial charge in [0.05, 0.1) is 24.3 Å². The van der Waals surface area contributed by atoms with E-state index in [0.717, 1.165) is 37.1 Å². The summed E-state index contributed by atoms with van der Waals surface area (Å²) in [4.78, 5) is 41.0. The second-order valence-electron chi connectivity index (χ2n) is 13.7. The molecule has 0 bridgehead atoms. The van der Waals surface area contributed by atoms with Crippen LogP contribution in [0.2, 0.25) is 5.02 Å². The Hall–Kier alpha value is -4.80. The van der Waals surface area contributed by atoms with E-state index in [1.807, 2.05) is 43.0 Å². The highest BCUT2D eigenvalue weighted by Crippen LogP contribution is 2.48. The van der Waals surface area contributed by atoms with Crippen LogP contribution in [0.15, 0.2) is 36.5 Å². The van der Waals surface area contributed by atoms with Crippen molar-refractivity contribution in [2.75, 3.05) is 51.3 Å². The Balaban J connectivity index is 0.000000340. The van der Waals surface area contributed by atoms with Crippen LogP contribution in [0, 0.1) is 31.0 Å². The summed E-state index contributed by atoms with van der Waals surface area (Å²) in [5, 5.41) is 8.42. The number of anilines is 1. The number of pyridine rings is 1. The van der Waals surface area contributed by atoms with Crippen LogP contribution < -0.4 is 9.64 Å². The highest BCUT2D eigenvalue weighted by Gasteiger charge is 2.35. The molecular weight excluding hydrogens is 700 g/mol. The molecule has 278 valence electrons. The van der Waals surface area contributed by atoms with Gasteiger partial charge in [0.1, 0.15) is 29.0 Å². The number of aryl methyl sites for hydroxylation is 2. The average Bonchev–Trinajstić information content (AvgIpc) is 3.79. The molecule has 3 aliphatic heterocycles. The lowest BCUT2D eigenvalue weighted by Crippen LogP contribution is -2.48. The number of nitrogens with zero attached hydrogens (tertiary/aromatic N) is 9. The van der Waals surface area contributed by atoms with Crippen molar-refractivity contribution in [1.29, 1.82) is 5.26 Å². The van der Waals surface area contributed by atoms with Crippen LogP contribution in [0.1, 0.15) is 67.7 Å². The van der Waals surface area contributed by atoms with E-state index in [1.165, 1.54) is 33.0 Å². The molecule has 2 atom stereocenters. The van der Waals surface area contributed by atoms with Crippen molar-refractivity contribution in [3.63, 3.8) is 0 Å². The molecule has 3 aromatic heterocycles. The van der Waals surface area contributed by atoms with Gasteiger partial charge in [-0.05, 0) is 82.2 Å². The van der Waals surface area contributed by atoms with Crippen LogP contribution in [0.4, 0.5) is 14.6 Å². The van der Waals surface area contributed by atoms with Crippen molar-refractivity contribution in [3.8, 4) is 23.3 Å². The Morgan fingerprint density at radius 2 is 1.83 bits per heavy atom. The standard InChI is InChI=1S/C30H29ClFN7O2.C7H12FN.C2H3N/c1-17-15-20(35-18(2)34-17)9-10-24(40)38-11-13-39(14-12-38)29-22-16-33-27(26(32)28(22)36-30(37-29)41-3)21-5-4-6-23(31)25(21)19-7-8-19;8-6-4-7-2-1-3-9(7)5-6;1-2-3/h4-6,9-10,15-16,19H,7-8,11-14H2,1-3H3;6-7H,1-5H2;1H3/b10-9+;;. The molecule has 0 spiro atoms. The van der Waals surface area contributed by atoms with Gasteiger partial charge in [-0.15, -0.1) is 0 Å². The average molecular weight is 744 g/mol. The zero-order chi connectivity index (χ0) is 37.6. The summed E-state index contributed by atoms with van der Waals surface area (Å²) in [5.41, 5.74) is 3.50. The van der Waals surface area contributed by atoms with Gasteiger partial charge in [-0.25, -0.2) is 18.7 Å². The van der Waals surface area contributed by atoms with Crippen LogP contribution in [0.25, 0.3) is 28.2 Å². The number of fused-ring (bicyclic) bond motifs is 2. The number of hydrogen-bond donors (Lipinski definition) is 0. The first-order valence-electron chi connectivity index (χ1n) is 18.0. The number of methoxy groups -OCH3 is 1. The summed E-state index contributed by atoms with van der Waals surface area (Å²) in [6.45, 7) is 8.95. The zero-order valence-corrected chi connectivity index (χ0v) is 31.3. The van der Waals surface area contributed by atoms with E-state index in [1.54, 1.807) is 23.2 Å². The first-order valence-corrected chi connectivity index (χ1v) is 18.4. The lowest BCUT2D eigenvalue weighted by atomic mass is 9.99. The summed E-state index contributed by atoms with van der Waals surface area (Å²) in [6.07, 6.45) is 9.72. The molecule has 1 saturated carbocycles. The number of hydrogen-bond acceptors (Lipinski definition) is 10. The number of benzene rings is 1. The maximum atomic E-state index is 16.1. The monoisotopic (exact) mass is 743 g/mol. The van der Waals surface area contributed by atoms with Crippen molar-refractivity contribution in [1.82, 2.24) is 34.7 Å². The predicted octanol–water partition coefficient (Wildman–Crippen LogP) is 6.86. The quantitative estimate of drug-likeness (QED) is 0.194. The molecule has 3 saturated heterocycles. The Kier molecular flexibility index (Phi) is 12.1. The molecule has 1 aliphatic carbocycles. The smallest absolute Gasteiger partial charge is 0.318 e. The maximum absolute atomic E-state index is 16.1. The second-order valence-corrected chi connectivity index (χ2v) is 14.1. The number of rotatable bonds is 6. The van der Waals surface area contributed by atoms with Gasteiger partial charge in [0.25, 0.3) is 0 Å². The van der Waals surface area contributed by atoms with Crippen molar-refractivity contribution in [2.24, 2.45) is 0 Å². The van der Waals surface area contributed by atoms with E-state index >= 15 is 4.39 Å². The third kappa shape index (κ3) is 8.88. The first kappa shape index (κ1) is 37.9. The minimum Gasteiger partial charge on any atom is -0.467 e. The number of amides is 1. The molecule has 0 radical (unpaired) electrons. The highest BCUT2D eigenvalue weighted by molar-refractivity contribution is 6.32. The molecule has 4 aliphatic rings. The molecule has 53 heavy (non-hydrogen) atoms. The molecule has 1 amide bonds. The highest BCUT2D eigenvalue weighted by atomic mass is 35.5. The van der Waals surface area contributed by atoms with Gasteiger partial charge in [-0.2, -0.15) is 15.2 Å². The number of nitriles is 1. The van der Waals surface area contributed by atoms with Crippen LogP contribution >= 0.6 is 11.6 Å². The van der Waals surface area contributed by atoms with Gasteiger partial charge >= 0.3 is 6.01 Å². The molecule has 1 aromatic carbocycles. The Morgan fingerprint density at radius 3 is 2.51 bits per heavy atom. The predicted molar refractivity (Wildman–Crippen MR) is 201 cm³/mol. The fourth-order valence-corrected chi connectivity index (χ4v) is 7.66. The molecular formula is C39H44ClF2N9O2. The number of carbonyl (C=O) groups is 1. The number of alkyl halides is 1. The van der Waals surface area contributed by atoms with Gasteiger partial charge < -0.3 is 14.5 Å². The fourth-order valence-electron chi connectivity index (χ4n) is 7.33. The Bertz CT molecular complexity index is 2000. The van der Waals surface area contributed by atoms with Gasteiger partial charge in [0.2, 0.25) is 5.91 Å². The number of ether oxygens (including phenoxy) is 1. The number of piperazine rings is 1. The van der Waals surface area contributed by atoms with Gasteiger partial charge in [-0.3, -0.25) is 14.7 Å². The summed E-state index contributed by atoms with van der Waals surface area (Å²) in [6, 6.07) is 9.76. The molecule has 14 heteroatoms. The van der Waals surface area contributed by atoms with Crippen molar-refractivity contribution < 1.29 is 18.3 Å². The zero-order valence-electron chi connectivity index (χ0n) is 30.5. The minimum atomic E-state index is -0.539. The van der Waals surface area contributed by atoms with Crippen LogP contribution in [0.5, 0.6) is 6.01 Å². The van der Waals surface area contributed by atoms with Crippen molar-refractivity contribution in [3.05, 3.63) is 70.2 Å². The van der Waals surface area contributed by atoms with Gasteiger partial charge in [0.15, 0.2) is 5.82 Å². The number of aromatic nitrogens is 5. The third-order valence-corrected chi connectivity index (χ3v) is 10.2. The minimum absolute atomic E-state index is 0.0638. The maximum Gasteiger partial charge on any atom is 0.318 e. The third-order valence-electron chi connectivity index (χ3n) is 9.85. The number of carbonyl (C=O) groups excluding carboxylic acids is 1. The van der Waals surface area contributed by atoms with E-state index < -0.39 is 12.0 Å². The van der Waals surface area contributed by atoms with E-state index in [4.69, 9.17) is 21.6 Å². The van der Waals surface area contributed by atoms with Crippen molar-refractivity contribution in [2.45, 2.75) is 71.0 Å². The molecule has 0 N–H and O–H groups in total. The van der Waals surface area contributed by atoms with E-state index in [9.17, 15) is 9.18 Å². The van der Waals surface area contributed by atoms with Crippen LogP contribution in [0.3, 0.4) is 0 Å². The normalized spacial score (nSPS) is 19.7. The summed E-state index contributed by atoms with van der Waals surface area (Å²) in [7, 11) is 1.46. The summed E-state index contributed by atoms with van der Waals surface area (Å²) in [5.74, 6) is 0.853. The fraction of sp³-hybridized carbons (Fsp3) is 0.462. The number of halogens is 3. The Morgan fingerprint density at radius 1 is 1.08 bits per heavy atom. The van der Waals surface area contributed by atoms with Crippen LogP contribution in [-0.4, -0.2) is 99.2 Å². The first-order chi connectivity index (χ1) is 25.6.